The molecule has 108 valence electrons. The molecule has 0 radical (unpaired) electrons. The summed E-state index contributed by atoms with van der Waals surface area (Å²) >= 11 is 1.38. The zero-order valence-electron chi connectivity index (χ0n) is 11.4. The number of rotatable bonds is 3. The Bertz CT molecular complexity index is 706. The van der Waals surface area contributed by atoms with Crippen LogP contribution in [0.1, 0.15) is 33.3 Å². The predicted octanol–water partition coefficient (Wildman–Crippen LogP) is 2.42. The van der Waals surface area contributed by atoms with Crippen LogP contribution in [0.2, 0.25) is 0 Å². The fraction of sp³-hybridized carbons (Fsp3) is 0.267. The van der Waals surface area contributed by atoms with E-state index in [1.807, 2.05) is 24.3 Å². The second kappa shape index (κ2) is 5.29. The molecule has 1 aliphatic heterocycles. The molecule has 0 saturated carbocycles. The van der Waals surface area contributed by atoms with Crippen LogP contribution in [0.25, 0.3) is 10.6 Å². The Morgan fingerprint density at radius 2 is 2.10 bits per heavy atom. The number of carbonyl (C=O) groups excluding carboxylic acids is 1. The molecule has 0 aliphatic carbocycles. The Labute approximate surface area is 125 Å². The molecule has 2 heterocycles. The van der Waals surface area contributed by atoms with Crippen molar-refractivity contribution in [1.29, 1.82) is 0 Å². The highest BCUT2D eigenvalue weighted by Gasteiger charge is 2.23. The molecule has 1 aliphatic rings. The Balaban J connectivity index is 1.85. The van der Waals surface area contributed by atoms with Crippen LogP contribution in [0.3, 0.4) is 0 Å². The predicted molar refractivity (Wildman–Crippen MR) is 79.6 cm³/mol. The quantitative estimate of drug-likeness (QED) is 0.912. The molecule has 0 spiro atoms. The van der Waals surface area contributed by atoms with E-state index in [0.717, 1.165) is 11.1 Å². The van der Waals surface area contributed by atoms with Gasteiger partial charge in [-0.3, -0.25) is 4.79 Å². The normalized spacial score (nSPS) is 17.8. The van der Waals surface area contributed by atoms with Crippen LogP contribution >= 0.6 is 11.3 Å². The molecule has 1 aromatic carbocycles. The van der Waals surface area contributed by atoms with Gasteiger partial charge in [0.05, 0.1) is 0 Å². The van der Waals surface area contributed by atoms with E-state index in [-0.39, 0.29) is 17.5 Å². The summed E-state index contributed by atoms with van der Waals surface area (Å²) < 4.78 is 0. The van der Waals surface area contributed by atoms with Crippen LogP contribution in [0.15, 0.2) is 24.3 Å². The molecule has 1 amide bonds. The van der Waals surface area contributed by atoms with Gasteiger partial charge in [0.1, 0.15) is 5.01 Å². The molecule has 3 rings (SSSR count). The first-order valence-corrected chi connectivity index (χ1v) is 7.44. The summed E-state index contributed by atoms with van der Waals surface area (Å²) in [6, 6.07) is 7.83. The molecular formula is C15H14N2O3S. The van der Waals surface area contributed by atoms with Crippen molar-refractivity contribution in [2.75, 3.05) is 6.54 Å². The highest BCUT2D eigenvalue weighted by molar-refractivity contribution is 7.15. The first-order valence-electron chi connectivity index (χ1n) is 6.62. The topological polar surface area (TPSA) is 79.3 Å². The van der Waals surface area contributed by atoms with Gasteiger partial charge in [-0.1, -0.05) is 24.3 Å². The van der Waals surface area contributed by atoms with E-state index in [0.29, 0.717) is 22.9 Å². The Hall–Kier alpha value is -2.21. The molecular weight excluding hydrogens is 288 g/mol. The van der Waals surface area contributed by atoms with Gasteiger partial charge in [0.2, 0.25) is 5.91 Å². The third-order valence-corrected chi connectivity index (χ3v) is 4.63. The van der Waals surface area contributed by atoms with Gasteiger partial charge >= 0.3 is 5.97 Å². The highest BCUT2D eigenvalue weighted by Crippen LogP contribution is 2.30. The van der Waals surface area contributed by atoms with Gasteiger partial charge in [0, 0.05) is 29.3 Å². The minimum Gasteiger partial charge on any atom is -0.476 e. The van der Waals surface area contributed by atoms with Crippen molar-refractivity contribution in [2.45, 2.75) is 19.3 Å². The van der Waals surface area contributed by atoms with Gasteiger partial charge in [-0.2, -0.15) is 0 Å². The molecule has 1 atom stereocenters. The second-order valence-electron chi connectivity index (χ2n) is 5.06. The van der Waals surface area contributed by atoms with Gasteiger partial charge in [-0.15, -0.1) is 11.3 Å². The molecule has 1 saturated heterocycles. The maximum atomic E-state index is 11.2. The average Bonchev–Trinajstić information content (AvgIpc) is 3.05. The molecule has 0 bridgehead atoms. The number of nitrogens with one attached hydrogen (secondary N) is 1. The van der Waals surface area contributed by atoms with Crippen molar-refractivity contribution in [2.24, 2.45) is 0 Å². The van der Waals surface area contributed by atoms with Crippen molar-refractivity contribution in [3.8, 4) is 10.6 Å². The first kappa shape index (κ1) is 13.8. The van der Waals surface area contributed by atoms with Crippen LogP contribution in [0.4, 0.5) is 0 Å². The molecule has 6 heteroatoms. The van der Waals surface area contributed by atoms with E-state index in [1.165, 1.54) is 11.3 Å². The molecule has 2 aromatic rings. The third kappa shape index (κ3) is 2.67. The second-order valence-corrected chi connectivity index (χ2v) is 6.26. The van der Waals surface area contributed by atoms with E-state index in [2.05, 4.69) is 10.3 Å². The monoisotopic (exact) mass is 302 g/mol. The zero-order chi connectivity index (χ0) is 15.0. The fourth-order valence-electron chi connectivity index (χ4n) is 2.46. The van der Waals surface area contributed by atoms with Crippen molar-refractivity contribution in [3.63, 3.8) is 0 Å². The summed E-state index contributed by atoms with van der Waals surface area (Å²) in [7, 11) is 0. The van der Waals surface area contributed by atoms with Crippen LogP contribution in [-0.2, 0) is 4.79 Å². The lowest BCUT2D eigenvalue weighted by atomic mass is 9.97. The molecule has 1 unspecified atom stereocenters. The summed E-state index contributed by atoms with van der Waals surface area (Å²) in [5.74, 6) is -0.688. The fourth-order valence-corrected chi connectivity index (χ4v) is 3.37. The number of hydrogen-bond acceptors (Lipinski definition) is 4. The molecule has 1 aromatic heterocycles. The summed E-state index contributed by atoms with van der Waals surface area (Å²) in [5.41, 5.74) is 2.13. The molecule has 2 N–H and O–H groups in total. The number of nitrogens with zero attached hydrogens (tertiary/aromatic N) is 1. The Morgan fingerprint density at radius 1 is 1.38 bits per heavy atom. The number of carbonyl (C=O) groups is 2. The highest BCUT2D eigenvalue weighted by atomic mass is 32.1. The van der Waals surface area contributed by atoms with Crippen molar-refractivity contribution < 1.29 is 14.7 Å². The van der Waals surface area contributed by atoms with E-state index in [1.54, 1.807) is 6.92 Å². The lowest BCUT2D eigenvalue weighted by Crippen LogP contribution is -2.13. The maximum Gasteiger partial charge on any atom is 0.355 e. The minimum absolute atomic E-state index is 0.0886. The van der Waals surface area contributed by atoms with Crippen molar-refractivity contribution in [1.82, 2.24) is 10.3 Å². The van der Waals surface area contributed by atoms with Gasteiger partial charge in [-0.05, 0) is 12.5 Å². The third-order valence-electron chi connectivity index (χ3n) is 3.61. The number of amides is 1. The lowest BCUT2D eigenvalue weighted by Gasteiger charge is -2.07. The molecule has 5 nitrogen and oxygen atoms in total. The SMILES string of the molecule is Cc1sc(-c2ccc(C3CNC(=O)C3)cc2)nc1C(=O)O. The number of benzene rings is 1. The molecule has 1 fully saturated rings. The van der Waals surface area contributed by atoms with Gasteiger partial charge < -0.3 is 10.4 Å². The number of aryl methyl sites for hydroxylation is 1. The number of hydrogen-bond donors (Lipinski definition) is 2. The van der Waals surface area contributed by atoms with E-state index >= 15 is 0 Å². The van der Waals surface area contributed by atoms with Crippen molar-refractivity contribution in [3.05, 3.63) is 40.4 Å². The van der Waals surface area contributed by atoms with Crippen LogP contribution in [0, 0.1) is 6.92 Å². The van der Waals surface area contributed by atoms with Crippen LogP contribution in [-0.4, -0.2) is 28.5 Å². The van der Waals surface area contributed by atoms with Crippen molar-refractivity contribution >= 4 is 23.2 Å². The Kier molecular flexibility index (Phi) is 3.47. The van der Waals surface area contributed by atoms with Gasteiger partial charge in [0.15, 0.2) is 5.69 Å². The van der Waals surface area contributed by atoms with Gasteiger partial charge in [0.25, 0.3) is 0 Å². The molecule has 21 heavy (non-hydrogen) atoms. The van der Waals surface area contributed by atoms with Crippen LogP contribution in [0.5, 0.6) is 0 Å². The smallest absolute Gasteiger partial charge is 0.355 e. The largest absolute Gasteiger partial charge is 0.476 e. The number of carboxylic acid groups (broad SMARTS) is 1. The summed E-state index contributed by atoms with van der Waals surface area (Å²) in [6.07, 6.45) is 0.527. The maximum absolute atomic E-state index is 11.2. The van der Waals surface area contributed by atoms with Gasteiger partial charge in [-0.25, -0.2) is 9.78 Å². The number of thiazole rings is 1. The number of aromatic nitrogens is 1. The van der Waals surface area contributed by atoms with E-state index < -0.39 is 5.97 Å². The van der Waals surface area contributed by atoms with E-state index in [4.69, 9.17) is 5.11 Å². The number of aromatic carboxylic acids is 1. The number of carboxylic acids is 1. The van der Waals surface area contributed by atoms with Crippen LogP contribution < -0.4 is 5.32 Å². The summed E-state index contributed by atoms with van der Waals surface area (Å²) in [5, 5.41) is 12.6. The van der Waals surface area contributed by atoms with E-state index in [9.17, 15) is 9.59 Å². The summed E-state index contributed by atoms with van der Waals surface area (Å²) in [6.45, 7) is 2.44. The minimum atomic E-state index is -0.998. The Morgan fingerprint density at radius 3 is 2.62 bits per heavy atom. The standard InChI is InChI=1S/C15H14N2O3S/c1-8-13(15(19)20)17-14(21-8)10-4-2-9(3-5-10)11-6-12(18)16-7-11/h2-5,11H,6-7H2,1H3,(H,16,18)(H,19,20). The first-order chi connectivity index (χ1) is 10.0. The lowest BCUT2D eigenvalue weighted by molar-refractivity contribution is -0.119. The summed E-state index contributed by atoms with van der Waals surface area (Å²) in [4.78, 5) is 27.1. The zero-order valence-corrected chi connectivity index (χ0v) is 12.2. The average molecular weight is 302 g/mol.